The van der Waals surface area contributed by atoms with Gasteiger partial charge in [-0.2, -0.15) is 4.74 Å². The fourth-order valence-corrected chi connectivity index (χ4v) is 4.22. The number of thiocarbonyl (C=S) groups is 1. The molecule has 1 unspecified atom stereocenters. The quantitative estimate of drug-likeness (QED) is 0.213. The van der Waals surface area contributed by atoms with E-state index in [-0.39, 0.29) is 10.9 Å². The molecule has 0 N–H and O–H groups in total. The van der Waals surface area contributed by atoms with Gasteiger partial charge in [0.15, 0.2) is 6.21 Å². The number of nitrogens with zero attached hydrogens (tertiary/aromatic N) is 2. The topological polar surface area (TPSA) is 29.3 Å². The second kappa shape index (κ2) is 5.97. The summed E-state index contributed by atoms with van der Waals surface area (Å²) in [6.45, 7) is 8.41. The van der Waals surface area contributed by atoms with Gasteiger partial charge in [0.1, 0.15) is 9.07 Å². The molecule has 3 nitrogen and oxygen atoms in total. The lowest BCUT2D eigenvalue weighted by atomic mass is 10.1. The van der Waals surface area contributed by atoms with Crippen LogP contribution in [0.25, 0.3) is 0 Å². The van der Waals surface area contributed by atoms with Gasteiger partial charge in [0.25, 0.3) is 6.17 Å². The molecule has 1 fully saturated rings. The maximum Gasteiger partial charge on any atom is 0.254 e. The molecule has 1 atom stereocenters. The van der Waals surface area contributed by atoms with Crippen molar-refractivity contribution in [3.8, 4) is 0 Å². The van der Waals surface area contributed by atoms with Crippen molar-refractivity contribution in [1.29, 1.82) is 0 Å². The highest BCUT2D eigenvalue weighted by atomic mass is 32.2. The summed E-state index contributed by atoms with van der Waals surface area (Å²) in [4.78, 5) is 1.93. The summed E-state index contributed by atoms with van der Waals surface area (Å²) >= 11 is 6.94. The summed E-state index contributed by atoms with van der Waals surface area (Å²) in [6, 6.07) is 9.59. The Kier molecular flexibility index (Phi) is 4.50. The van der Waals surface area contributed by atoms with Crippen molar-refractivity contribution in [3.05, 3.63) is 53.8 Å². The summed E-state index contributed by atoms with van der Waals surface area (Å²) in [5.41, 5.74) is 0.889. The average Bonchev–Trinajstić information content (AvgIpc) is 2.60. The molecule has 20 heavy (non-hydrogen) atoms. The Morgan fingerprint density at radius 2 is 2.10 bits per heavy atom. The van der Waals surface area contributed by atoms with Gasteiger partial charge in [-0.3, -0.25) is 4.90 Å². The Hall–Kier alpha value is -1.33. The zero-order valence-electron chi connectivity index (χ0n) is 11.7. The summed E-state index contributed by atoms with van der Waals surface area (Å²) in [6.07, 6.45) is 3.08. The molecular formula is C15H18N2OS2. The summed E-state index contributed by atoms with van der Waals surface area (Å²) in [7, 11) is 0. The molecule has 0 amide bonds. The summed E-state index contributed by atoms with van der Waals surface area (Å²) < 4.78 is 1.50. The van der Waals surface area contributed by atoms with Crippen molar-refractivity contribution in [1.82, 2.24) is 4.90 Å². The molecule has 1 aliphatic rings. The van der Waals surface area contributed by atoms with Crippen LogP contribution in [-0.2, 0) is 0 Å². The molecular weight excluding hydrogens is 288 g/mol. The number of rotatable bonds is 4. The fourth-order valence-electron chi connectivity index (χ4n) is 2.33. The second-order valence-electron chi connectivity index (χ2n) is 5.19. The number of hydroxylamine groups is 1. The molecule has 0 saturated carbocycles. The van der Waals surface area contributed by atoms with Crippen LogP contribution in [0.15, 0.2) is 43.0 Å². The lowest BCUT2D eigenvalue weighted by Crippen LogP contribution is -2.47. The van der Waals surface area contributed by atoms with Crippen LogP contribution < -0.4 is 0 Å². The van der Waals surface area contributed by atoms with Gasteiger partial charge in [0.2, 0.25) is 0 Å². The molecule has 0 aliphatic carbocycles. The molecule has 0 radical (unpaired) electrons. The van der Waals surface area contributed by atoms with Crippen molar-refractivity contribution in [3.63, 3.8) is 0 Å². The molecule has 0 aromatic heterocycles. The van der Waals surface area contributed by atoms with Gasteiger partial charge in [-0.15, -0.1) is 6.58 Å². The molecule has 106 valence electrons. The van der Waals surface area contributed by atoms with Crippen molar-refractivity contribution >= 4 is 34.5 Å². The SMILES string of the molecule is C=CCN1C(=S)SC(C)(C)C1/[N+]([O-])=C/c1ccccc1. The number of thioether (sulfide) groups is 1. The van der Waals surface area contributed by atoms with E-state index >= 15 is 0 Å². The first kappa shape index (κ1) is 15.1. The zero-order valence-corrected chi connectivity index (χ0v) is 13.3. The normalized spacial score (nSPS) is 22.1. The molecule has 1 heterocycles. The third-order valence-electron chi connectivity index (χ3n) is 3.14. The van der Waals surface area contributed by atoms with E-state index in [1.54, 1.807) is 24.1 Å². The lowest BCUT2D eigenvalue weighted by molar-refractivity contribution is -0.523. The van der Waals surface area contributed by atoms with Gasteiger partial charge in [-0.05, 0) is 26.0 Å². The summed E-state index contributed by atoms with van der Waals surface area (Å²) in [5, 5.41) is 12.6. The van der Waals surface area contributed by atoms with E-state index in [9.17, 15) is 5.21 Å². The maximum absolute atomic E-state index is 12.6. The van der Waals surface area contributed by atoms with Crippen molar-refractivity contribution in [2.45, 2.75) is 24.8 Å². The van der Waals surface area contributed by atoms with Crippen molar-refractivity contribution < 1.29 is 4.74 Å². The highest BCUT2D eigenvalue weighted by Gasteiger charge is 2.49. The molecule has 1 aromatic carbocycles. The van der Waals surface area contributed by atoms with Gasteiger partial charge in [-0.1, -0.05) is 48.3 Å². The van der Waals surface area contributed by atoms with Crippen LogP contribution in [-0.4, -0.2) is 37.6 Å². The van der Waals surface area contributed by atoms with Crippen LogP contribution in [0.4, 0.5) is 0 Å². The Morgan fingerprint density at radius 3 is 2.70 bits per heavy atom. The van der Waals surface area contributed by atoms with Crippen LogP contribution in [0.2, 0.25) is 0 Å². The standard InChI is InChI=1S/C15H18N2OS2/c1-4-10-16-13(15(2,3)20-14(16)19)17(18)11-12-8-6-5-7-9-12/h4-9,11,13H,1,10H2,2-3H3/b17-11-. The van der Waals surface area contributed by atoms with Gasteiger partial charge in [0.05, 0.1) is 0 Å². The predicted octanol–water partition coefficient (Wildman–Crippen LogP) is 3.24. The minimum atomic E-state index is -0.321. The summed E-state index contributed by atoms with van der Waals surface area (Å²) in [5.74, 6) is 0. The van der Waals surface area contributed by atoms with Gasteiger partial charge < -0.3 is 5.21 Å². The third-order valence-corrected chi connectivity index (χ3v) is 4.78. The largest absolute Gasteiger partial charge is 0.622 e. The van der Waals surface area contributed by atoms with Gasteiger partial charge >= 0.3 is 0 Å². The molecule has 2 rings (SSSR count). The lowest BCUT2D eigenvalue weighted by Gasteiger charge is -2.29. The van der Waals surface area contributed by atoms with E-state index in [0.717, 1.165) is 14.6 Å². The van der Waals surface area contributed by atoms with Crippen LogP contribution in [0.5, 0.6) is 0 Å². The monoisotopic (exact) mass is 306 g/mol. The van der Waals surface area contributed by atoms with E-state index in [1.807, 2.05) is 49.1 Å². The highest BCUT2D eigenvalue weighted by molar-refractivity contribution is 8.24. The first-order valence-corrected chi connectivity index (χ1v) is 7.64. The Balaban J connectivity index is 2.34. The van der Waals surface area contributed by atoms with Gasteiger partial charge in [0, 0.05) is 12.1 Å². The zero-order chi connectivity index (χ0) is 14.8. The molecule has 5 heteroatoms. The average molecular weight is 306 g/mol. The number of hydrogen-bond donors (Lipinski definition) is 0. The van der Waals surface area contributed by atoms with Crippen molar-refractivity contribution in [2.75, 3.05) is 6.54 Å². The van der Waals surface area contributed by atoms with Crippen LogP contribution in [0, 0.1) is 5.21 Å². The van der Waals surface area contributed by atoms with E-state index in [0.29, 0.717) is 6.54 Å². The first-order valence-electron chi connectivity index (χ1n) is 6.41. The molecule has 1 aliphatic heterocycles. The molecule has 1 aromatic rings. The smallest absolute Gasteiger partial charge is 0.254 e. The minimum Gasteiger partial charge on any atom is -0.622 e. The molecule has 0 bridgehead atoms. The molecule has 0 spiro atoms. The maximum atomic E-state index is 12.6. The van der Waals surface area contributed by atoms with Crippen molar-refractivity contribution in [2.24, 2.45) is 0 Å². The van der Waals surface area contributed by atoms with Crippen LogP contribution >= 0.6 is 24.0 Å². The Labute approximate surface area is 129 Å². The number of benzene rings is 1. The van der Waals surface area contributed by atoms with E-state index < -0.39 is 0 Å². The van der Waals surface area contributed by atoms with E-state index in [2.05, 4.69) is 6.58 Å². The minimum absolute atomic E-state index is 0.257. The fraction of sp³-hybridized carbons (Fsp3) is 0.333. The van der Waals surface area contributed by atoms with Crippen LogP contribution in [0.3, 0.4) is 0 Å². The first-order chi connectivity index (χ1) is 9.45. The predicted molar refractivity (Wildman–Crippen MR) is 90.2 cm³/mol. The third kappa shape index (κ3) is 3.04. The number of hydrogen-bond acceptors (Lipinski definition) is 3. The molecule has 1 saturated heterocycles. The Bertz CT molecular complexity index is 540. The second-order valence-corrected chi connectivity index (χ2v) is 7.47. The van der Waals surface area contributed by atoms with E-state index in [4.69, 9.17) is 12.2 Å². The Morgan fingerprint density at radius 1 is 1.45 bits per heavy atom. The van der Waals surface area contributed by atoms with E-state index in [1.165, 1.54) is 0 Å². The highest BCUT2D eigenvalue weighted by Crippen LogP contribution is 2.41. The van der Waals surface area contributed by atoms with Gasteiger partial charge in [-0.25, -0.2) is 0 Å². The van der Waals surface area contributed by atoms with Crippen LogP contribution in [0.1, 0.15) is 19.4 Å².